The van der Waals surface area contributed by atoms with Crippen molar-refractivity contribution < 1.29 is 19.0 Å². The summed E-state index contributed by atoms with van der Waals surface area (Å²) in [5.74, 6) is 0.720. The Hall–Kier alpha value is -2.30. The predicted octanol–water partition coefficient (Wildman–Crippen LogP) is 5.71. The quantitative estimate of drug-likeness (QED) is 0.505. The SMILES string of the molecule is CCOC(=O)CCc1ccc(OCC2=C(c3ccc(Cl)cc3)COCC2)c(C)c1C. The first-order valence-electron chi connectivity index (χ1n) is 10.4. The number of carbonyl (C=O) groups is 1. The smallest absolute Gasteiger partial charge is 0.306 e. The van der Waals surface area contributed by atoms with Gasteiger partial charge in [-0.1, -0.05) is 29.8 Å². The van der Waals surface area contributed by atoms with Gasteiger partial charge in [-0.15, -0.1) is 0 Å². The van der Waals surface area contributed by atoms with E-state index in [-0.39, 0.29) is 5.97 Å². The summed E-state index contributed by atoms with van der Waals surface area (Å²) in [5, 5.41) is 0.725. The third kappa shape index (κ3) is 5.65. The molecule has 0 unspecified atom stereocenters. The number of hydrogen-bond acceptors (Lipinski definition) is 4. The predicted molar refractivity (Wildman–Crippen MR) is 120 cm³/mol. The minimum absolute atomic E-state index is 0.156. The maximum absolute atomic E-state index is 11.7. The van der Waals surface area contributed by atoms with E-state index in [1.807, 2.05) is 37.3 Å². The number of aryl methyl sites for hydroxylation is 1. The normalized spacial score (nSPS) is 14.0. The van der Waals surface area contributed by atoms with Crippen LogP contribution in [0.1, 0.15) is 42.0 Å². The first-order valence-corrected chi connectivity index (χ1v) is 10.8. The van der Waals surface area contributed by atoms with Crippen molar-refractivity contribution in [2.24, 2.45) is 0 Å². The van der Waals surface area contributed by atoms with Crippen LogP contribution < -0.4 is 4.74 Å². The molecule has 30 heavy (non-hydrogen) atoms. The average Bonchev–Trinajstić information content (AvgIpc) is 2.75. The minimum Gasteiger partial charge on any atom is -0.489 e. The summed E-state index contributed by atoms with van der Waals surface area (Å²) in [6.07, 6.45) is 1.92. The van der Waals surface area contributed by atoms with Gasteiger partial charge in [-0.05, 0) is 85.2 Å². The molecule has 0 fully saturated rings. The lowest BCUT2D eigenvalue weighted by Gasteiger charge is -2.22. The molecule has 0 radical (unpaired) electrons. The van der Waals surface area contributed by atoms with Gasteiger partial charge in [0.05, 0.1) is 19.8 Å². The highest BCUT2D eigenvalue weighted by Crippen LogP contribution is 2.29. The molecule has 0 bridgehead atoms. The molecule has 0 amide bonds. The number of carbonyl (C=O) groups excluding carboxylic acids is 1. The Kier molecular flexibility index (Phi) is 7.94. The molecule has 2 aromatic carbocycles. The summed E-state index contributed by atoms with van der Waals surface area (Å²) < 4.78 is 16.9. The van der Waals surface area contributed by atoms with Crippen LogP contribution in [0.5, 0.6) is 5.75 Å². The molecule has 0 atom stereocenters. The second kappa shape index (κ2) is 10.6. The molecule has 0 spiro atoms. The Balaban J connectivity index is 1.71. The zero-order valence-electron chi connectivity index (χ0n) is 17.9. The topological polar surface area (TPSA) is 44.8 Å². The zero-order valence-corrected chi connectivity index (χ0v) is 18.7. The third-order valence-electron chi connectivity index (χ3n) is 5.57. The van der Waals surface area contributed by atoms with Crippen molar-refractivity contribution in [1.82, 2.24) is 0 Å². The summed E-state index contributed by atoms with van der Waals surface area (Å²) >= 11 is 6.03. The van der Waals surface area contributed by atoms with Gasteiger partial charge in [0.25, 0.3) is 0 Å². The molecule has 4 nitrogen and oxygen atoms in total. The first-order chi connectivity index (χ1) is 14.5. The van der Waals surface area contributed by atoms with Crippen LogP contribution in [0.15, 0.2) is 42.0 Å². The summed E-state index contributed by atoms with van der Waals surface area (Å²) in [7, 11) is 0. The molecule has 0 saturated carbocycles. The second-order valence-corrected chi connectivity index (χ2v) is 7.89. The van der Waals surface area contributed by atoms with Crippen molar-refractivity contribution in [3.63, 3.8) is 0 Å². The van der Waals surface area contributed by atoms with Crippen molar-refractivity contribution in [1.29, 1.82) is 0 Å². The van der Waals surface area contributed by atoms with Crippen molar-refractivity contribution in [3.8, 4) is 5.75 Å². The van der Waals surface area contributed by atoms with Crippen LogP contribution in [0.2, 0.25) is 5.02 Å². The van der Waals surface area contributed by atoms with E-state index in [1.165, 1.54) is 11.1 Å². The number of benzene rings is 2. The number of hydrogen-bond donors (Lipinski definition) is 0. The van der Waals surface area contributed by atoms with Crippen LogP contribution in [-0.2, 0) is 20.7 Å². The molecule has 5 heteroatoms. The van der Waals surface area contributed by atoms with E-state index in [9.17, 15) is 4.79 Å². The molecule has 1 aliphatic heterocycles. The van der Waals surface area contributed by atoms with Crippen LogP contribution in [0.3, 0.4) is 0 Å². The van der Waals surface area contributed by atoms with E-state index in [1.54, 1.807) is 0 Å². The van der Waals surface area contributed by atoms with Crippen LogP contribution >= 0.6 is 11.6 Å². The average molecular weight is 429 g/mol. The van der Waals surface area contributed by atoms with Gasteiger partial charge < -0.3 is 14.2 Å². The maximum Gasteiger partial charge on any atom is 0.306 e. The van der Waals surface area contributed by atoms with E-state index in [0.717, 1.165) is 39.4 Å². The Morgan fingerprint density at radius 2 is 1.87 bits per heavy atom. The molecule has 160 valence electrons. The summed E-state index contributed by atoms with van der Waals surface area (Å²) in [4.78, 5) is 11.7. The lowest BCUT2D eigenvalue weighted by molar-refractivity contribution is -0.143. The van der Waals surface area contributed by atoms with Gasteiger partial charge in [-0.3, -0.25) is 4.79 Å². The molecular formula is C25H29ClO4. The van der Waals surface area contributed by atoms with Gasteiger partial charge in [-0.2, -0.15) is 0 Å². The molecular weight excluding hydrogens is 400 g/mol. The standard InChI is InChI=1S/C25H29ClO4/c1-4-29-25(27)12-8-19-7-11-24(18(3)17(19)2)30-15-21-13-14-28-16-23(21)20-5-9-22(26)10-6-20/h5-7,9-11H,4,8,12-16H2,1-3H3. The fraction of sp³-hybridized carbons (Fsp3) is 0.400. The van der Waals surface area contributed by atoms with E-state index in [2.05, 4.69) is 19.9 Å². The highest BCUT2D eigenvalue weighted by Gasteiger charge is 2.17. The van der Waals surface area contributed by atoms with Crippen LogP contribution in [0, 0.1) is 13.8 Å². The van der Waals surface area contributed by atoms with E-state index < -0.39 is 0 Å². The highest BCUT2D eigenvalue weighted by molar-refractivity contribution is 6.30. The third-order valence-corrected chi connectivity index (χ3v) is 5.82. The highest BCUT2D eigenvalue weighted by atomic mass is 35.5. The Morgan fingerprint density at radius 3 is 2.60 bits per heavy atom. The van der Waals surface area contributed by atoms with Gasteiger partial charge in [0.1, 0.15) is 12.4 Å². The molecule has 1 aliphatic rings. The van der Waals surface area contributed by atoms with Gasteiger partial charge >= 0.3 is 5.97 Å². The molecule has 1 heterocycles. The molecule has 0 saturated heterocycles. The molecule has 0 aliphatic carbocycles. The van der Waals surface area contributed by atoms with Gasteiger partial charge in [0, 0.05) is 11.4 Å². The zero-order chi connectivity index (χ0) is 21.5. The summed E-state index contributed by atoms with van der Waals surface area (Å²) in [6, 6.07) is 11.9. The van der Waals surface area contributed by atoms with Crippen LogP contribution in [0.25, 0.3) is 5.57 Å². The van der Waals surface area contributed by atoms with Crippen LogP contribution in [-0.4, -0.2) is 32.4 Å². The number of esters is 1. The minimum atomic E-state index is -0.156. The van der Waals surface area contributed by atoms with Gasteiger partial charge in [0.2, 0.25) is 0 Å². The van der Waals surface area contributed by atoms with Crippen molar-refractivity contribution in [2.45, 2.75) is 40.0 Å². The fourth-order valence-electron chi connectivity index (χ4n) is 3.63. The van der Waals surface area contributed by atoms with Crippen LogP contribution in [0.4, 0.5) is 0 Å². The van der Waals surface area contributed by atoms with Gasteiger partial charge in [0.15, 0.2) is 0 Å². The number of rotatable bonds is 8. The largest absolute Gasteiger partial charge is 0.489 e. The maximum atomic E-state index is 11.7. The van der Waals surface area contributed by atoms with E-state index in [0.29, 0.717) is 39.3 Å². The Morgan fingerprint density at radius 1 is 1.10 bits per heavy atom. The van der Waals surface area contributed by atoms with Crippen molar-refractivity contribution in [2.75, 3.05) is 26.4 Å². The molecule has 0 aromatic heterocycles. The van der Waals surface area contributed by atoms with Crippen molar-refractivity contribution >= 4 is 23.1 Å². The lowest BCUT2D eigenvalue weighted by Crippen LogP contribution is -2.15. The first kappa shape index (κ1) is 22.4. The Bertz CT molecular complexity index is 915. The lowest BCUT2D eigenvalue weighted by atomic mass is 9.97. The molecule has 2 aromatic rings. The number of halogens is 1. The second-order valence-electron chi connectivity index (χ2n) is 7.46. The molecule has 3 rings (SSSR count). The van der Waals surface area contributed by atoms with Crippen molar-refractivity contribution in [3.05, 3.63) is 69.2 Å². The van der Waals surface area contributed by atoms with Gasteiger partial charge in [-0.25, -0.2) is 0 Å². The monoisotopic (exact) mass is 428 g/mol. The Labute approximate surface area is 183 Å². The van der Waals surface area contributed by atoms with E-state index in [4.69, 9.17) is 25.8 Å². The van der Waals surface area contributed by atoms with E-state index >= 15 is 0 Å². The summed E-state index contributed by atoms with van der Waals surface area (Å²) in [6.45, 7) is 8.22. The number of ether oxygens (including phenoxy) is 3. The summed E-state index contributed by atoms with van der Waals surface area (Å²) in [5.41, 5.74) is 6.98. The molecule has 0 N–H and O–H groups in total. The fourth-order valence-corrected chi connectivity index (χ4v) is 3.76.